The van der Waals surface area contributed by atoms with Crippen LogP contribution < -0.4 is 139 Å². The number of unbranched alkanes of at least 4 members (excludes halogenated alkanes) is 2. The Morgan fingerprint density at radius 2 is 0.680 bits per heavy atom. The number of nitrogens with zero attached hydrogens (tertiary/aromatic N) is 6. The number of rotatable bonds is 53. The average Bonchev–Trinajstić information content (AvgIpc) is 1.75. The fraction of sp³-hybridized carbons (Fsp3) is 0.712. The molecule has 1 heterocycles. The van der Waals surface area contributed by atoms with E-state index in [1.54, 1.807) is 0 Å². The van der Waals surface area contributed by atoms with Crippen LogP contribution in [-0.4, -0.2) is 243 Å². The lowest BCUT2D eigenvalue weighted by Crippen LogP contribution is -2.60. The predicted octanol–water partition coefficient (Wildman–Crippen LogP) is -11.9. The molecule has 0 aromatic carbocycles. The maximum Gasteiger partial charge on any atom is 0.312 e. The number of aliphatic imine (C=N–C) groups is 5. The molecule has 44 heteroatoms. The number of hydrogen-bond donors (Lipinski definition) is 26. The molecule has 0 spiro atoms. The fourth-order valence-corrected chi connectivity index (χ4v) is 10.3. The van der Waals surface area contributed by atoms with Gasteiger partial charge in [0.15, 0.2) is 29.8 Å². The molecule has 0 saturated carbocycles. The van der Waals surface area contributed by atoms with Gasteiger partial charge in [0.05, 0.1) is 12.6 Å². The summed E-state index contributed by atoms with van der Waals surface area (Å²) in [5, 5.41) is 36.1. The van der Waals surface area contributed by atoms with E-state index in [0.29, 0.717) is 25.7 Å². The predicted molar refractivity (Wildman–Crippen MR) is 384 cm³/mol. The summed E-state index contributed by atoms with van der Waals surface area (Å²) in [5.74, 6) is -11.0. The van der Waals surface area contributed by atoms with Crippen molar-refractivity contribution >= 4 is 101 Å². The van der Waals surface area contributed by atoms with Gasteiger partial charge in [-0.2, -0.15) is 0 Å². The zero-order valence-corrected chi connectivity index (χ0v) is 58.8. The highest BCUT2D eigenvalue weighted by molar-refractivity contribution is 5.99. The first-order valence-corrected chi connectivity index (χ1v) is 34.2. The van der Waals surface area contributed by atoms with Crippen molar-refractivity contribution in [1.82, 2.24) is 58.1 Å². The molecule has 11 atom stereocenters. The Kier molecular flexibility index (Phi) is 44.8. The van der Waals surface area contributed by atoms with Gasteiger partial charge in [0.1, 0.15) is 60.4 Å². The van der Waals surface area contributed by atoms with E-state index in [2.05, 4.69) is 78.1 Å². The number of urea groups is 1. The van der Waals surface area contributed by atoms with E-state index >= 15 is 0 Å². The molecule has 584 valence electrons. The topological polar surface area (TPSA) is 801 Å². The number of amides is 13. The van der Waals surface area contributed by atoms with E-state index in [9.17, 15) is 62.6 Å². The van der Waals surface area contributed by atoms with Gasteiger partial charge in [0.25, 0.3) is 0 Å². The van der Waals surface area contributed by atoms with Crippen LogP contribution in [0.15, 0.2) is 25.0 Å². The first kappa shape index (κ1) is 90.6. The van der Waals surface area contributed by atoms with E-state index in [1.165, 1.54) is 11.8 Å². The molecule has 103 heavy (non-hydrogen) atoms. The quantitative estimate of drug-likeness (QED) is 0.0153. The lowest BCUT2D eigenvalue weighted by atomic mass is 10.0. The monoisotopic (exact) mass is 1470 g/mol. The van der Waals surface area contributed by atoms with Crippen molar-refractivity contribution in [3.05, 3.63) is 0 Å². The number of primary amides is 2. The van der Waals surface area contributed by atoms with Crippen molar-refractivity contribution in [3.63, 3.8) is 0 Å². The molecule has 1 saturated heterocycles. The van der Waals surface area contributed by atoms with Crippen molar-refractivity contribution in [2.45, 2.75) is 202 Å². The van der Waals surface area contributed by atoms with E-state index in [-0.39, 0.29) is 191 Å². The van der Waals surface area contributed by atoms with Gasteiger partial charge in [-0.15, -0.1) is 0 Å². The van der Waals surface area contributed by atoms with Crippen LogP contribution >= 0.6 is 0 Å². The van der Waals surface area contributed by atoms with Crippen LogP contribution in [0.5, 0.6) is 0 Å². The summed E-state index contributed by atoms with van der Waals surface area (Å²) in [6.07, 6.45) is -0.103. The van der Waals surface area contributed by atoms with Crippen LogP contribution in [0.4, 0.5) is 4.79 Å². The fourth-order valence-electron chi connectivity index (χ4n) is 10.3. The Morgan fingerprint density at radius 1 is 0.398 bits per heavy atom. The second kappa shape index (κ2) is 50.9. The number of carbonyl (C=O) groups excluding carboxylic acids is 12. The maximum absolute atomic E-state index is 14.8. The lowest BCUT2D eigenvalue weighted by molar-refractivity contribution is -0.142. The van der Waals surface area contributed by atoms with Gasteiger partial charge < -0.3 is 149 Å². The van der Waals surface area contributed by atoms with Gasteiger partial charge in [-0.1, -0.05) is 0 Å². The molecule has 41 N–H and O–H groups in total. The molecule has 0 bridgehead atoms. The lowest BCUT2D eigenvalue weighted by Gasteiger charge is -2.30. The van der Waals surface area contributed by atoms with Crippen molar-refractivity contribution < 1.29 is 62.6 Å². The normalized spacial score (nSPS) is 15.2. The van der Waals surface area contributed by atoms with Gasteiger partial charge >= 0.3 is 6.03 Å². The summed E-state index contributed by atoms with van der Waals surface area (Å²) in [6.45, 7) is 1.02. The van der Waals surface area contributed by atoms with Crippen LogP contribution in [0, 0.1) is 0 Å². The van der Waals surface area contributed by atoms with Gasteiger partial charge in [-0.05, 0) is 148 Å². The minimum atomic E-state index is -1.57. The van der Waals surface area contributed by atoms with Crippen LogP contribution in [-0.2, 0) is 52.7 Å². The van der Waals surface area contributed by atoms with Crippen LogP contribution in [0.25, 0.3) is 0 Å². The summed E-state index contributed by atoms with van der Waals surface area (Å²) < 4.78 is 0. The molecule has 0 aromatic rings. The van der Waals surface area contributed by atoms with Gasteiger partial charge in [0, 0.05) is 45.8 Å². The van der Waals surface area contributed by atoms with Crippen LogP contribution in [0.1, 0.15) is 135 Å². The maximum atomic E-state index is 14.8. The number of carbonyl (C=O) groups is 12. The zero-order chi connectivity index (χ0) is 77.6. The van der Waals surface area contributed by atoms with Gasteiger partial charge in [-0.25, -0.2) is 4.79 Å². The Labute approximate surface area is 597 Å². The molecule has 13 amide bonds. The minimum Gasteiger partial charge on any atom is -0.391 e. The summed E-state index contributed by atoms with van der Waals surface area (Å²) in [5.41, 5.74) is 83.8. The van der Waals surface area contributed by atoms with E-state index < -0.39 is 144 Å². The Morgan fingerprint density at radius 3 is 0.951 bits per heavy atom. The molecule has 44 nitrogen and oxygen atoms in total. The third kappa shape index (κ3) is 39.4. The number of hydrogen-bond acceptors (Lipinski definition) is 21. The number of guanidine groups is 5. The van der Waals surface area contributed by atoms with E-state index in [4.69, 9.17) is 86.0 Å². The third-order valence-corrected chi connectivity index (χ3v) is 15.7. The number of likely N-dealkylation sites (tertiary alicyclic amines) is 1. The number of nitrogens with two attached hydrogens (primary N) is 15. The average molecular weight is 1470 g/mol. The van der Waals surface area contributed by atoms with Gasteiger partial charge in [0.2, 0.25) is 65.0 Å². The minimum absolute atomic E-state index is 0.00374. The summed E-state index contributed by atoms with van der Waals surface area (Å²) in [7, 11) is 0. The third-order valence-electron chi connectivity index (χ3n) is 15.7. The second-order valence-corrected chi connectivity index (χ2v) is 24.4. The smallest absolute Gasteiger partial charge is 0.312 e. The van der Waals surface area contributed by atoms with Crippen LogP contribution in [0.3, 0.4) is 0 Å². The molecule has 0 aliphatic carbocycles. The van der Waals surface area contributed by atoms with Crippen molar-refractivity contribution in [2.75, 3.05) is 65.4 Å². The van der Waals surface area contributed by atoms with Crippen molar-refractivity contribution in [1.29, 1.82) is 0 Å². The molecular weight excluding hydrogens is 1350 g/mol. The zero-order valence-electron chi connectivity index (χ0n) is 58.8. The summed E-state index contributed by atoms with van der Waals surface area (Å²) in [4.78, 5) is 187. The molecule has 1 aliphatic rings. The molecule has 1 fully saturated rings. The Hall–Kier alpha value is -10.4. The Balaban J connectivity index is 3.97. The first-order chi connectivity index (χ1) is 48.7. The highest BCUT2D eigenvalue weighted by atomic mass is 16.3. The number of nitrogens with one attached hydrogen (secondary N) is 10. The first-order valence-electron chi connectivity index (χ1n) is 34.2. The van der Waals surface area contributed by atoms with Crippen LogP contribution in [0.2, 0.25) is 0 Å². The Bertz CT molecular complexity index is 2880. The second-order valence-electron chi connectivity index (χ2n) is 24.4. The van der Waals surface area contributed by atoms with Crippen molar-refractivity contribution in [3.8, 4) is 0 Å². The van der Waals surface area contributed by atoms with E-state index in [0.717, 1.165) is 0 Å². The molecule has 1 aliphatic heterocycles. The molecule has 0 aromatic heterocycles. The SMILES string of the molecule is C[C@@H](O)[C@H](N)C(=O)N1CCC[C@H]1C(=O)N[C@@H](CCCN=C(N)N)C(=O)N[C@@H](CCCNC(N)=O)C(=O)N[C@@H](CCCN=C(N)N)C(=O)N[C@@H](CCCN=C(N)N)C(=O)N[C@@H](CCCN=C(N)N)C(=O)N[C@@H](CCCCN)C(=O)N[C@@H](CCCCN)C(=O)N[C@@H](CCCN=C(N)N)C(=O)NCC(N)=O. The summed E-state index contributed by atoms with van der Waals surface area (Å²) >= 11 is 0. The molecular formula is C59H115N31O13. The standard InChI is InChI=1S/C59H115N31O13/c1-32(91)43(63)53(102)90-30-12-21-41(90)52(101)89-40(19-10-28-79-58(72)73)51(100)88-39(20-11-29-80-59(74)103)50(99)87-38(18-9-27-78-57(70)71)49(98)86-37(17-8-26-77-56(68)69)48(97)85-36(16-7-25-76-55(66)67)47(96)84-35(14-3-5-23-61)46(95)83-34(13-2-4-22-60)45(94)82-33(15-6-24-75-54(64)65)44(93)81-31-42(62)92/h32-41,43,91H,2-31,60-61,63H2,1H3,(H2,62,92)(H,81,93)(H,82,94)(H,83,95)(H,84,96)(H,85,97)(H,86,98)(H,87,99)(H,88,100)(H,89,101)(H4,64,65,75)(H4,66,67,76)(H4,68,69,77)(H4,70,71,78)(H4,72,73,79)(H3,74,80,103)/t32-,33+,34+,35+,36+,37+,38+,39+,40+,41+,43+/m1/s1. The van der Waals surface area contributed by atoms with Crippen molar-refractivity contribution in [2.24, 2.45) is 111 Å². The van der Waals surface area contributed by atoms with Gasteiger partial charge in [-0.3, -0.25) is 77.7 Å². The highest BCUT2D eigenvalue weighted by Crippen LogP contribution is 2.20. The van der Waals surface area contributed by atoms with E-state index in [1.807, 2.05) is 0 Å². The number of aliphatic hydroxyl groups is 1. The highest BCUT2D eigenvalue weighted by Gasteiger charge is 2.40. The molecule has 0 radical (unpaired) electrons. The summed E-state index contributed by atoms with van der Waals surface area (Å²) in [6, 6.07) is -15.0. The molecule has 1 rings (SSSR count). The largest absolute Gasteiger partial charge is 0.391 e. The molecule has 0 unspecified atom stereocenters. The number of aliphatic hydroxyl groups excluding tert-OH is 1.